The van der Waals surface area contributed by atoms with Crippen LogP contribution in [0.5, 0.6) is 5.75 Å². The molecule has 0 amide bonds. The number of phenols is 1. The molecule has 1 heterocycles. The fraction of sp³-hybridized carbons (Fsp3) is 0. The first-order valence-corrected chi connectivity index (χ1v) is 8.82. The summed E-state index contributed by atoms with van der Waals surface area (Å²) in [6.07, 6.45) is 1.62. The molecule has 3 aromatic rings. The van der Waals surface area contributed by atoms with Crippen molar-refractivity contribution in [2.75, 3.05) is 0 Å². The minimum atomic E-state index is 0.191. The van der Waals surface area contributed by atoms with Crippen LogP contribution >= 0.6 is 43.2 Å². The van der Waals surface area contributed by atoms with Crippen LogP contribution in [0.1, 0.15) is 5.56 Å². The molecule has 1 aromatic heterocycles. The molecular weight excluding hydrogens is 428 g/mol. The summed E-state index contributed by atoms with van der Waals surface area (Å²) >= 11 is 8.25. The zero-order valence-corrected chi connectivity index (χ0v) is 15.2. The van der Waals surface area contributed by atoms with Gasteiger partial charge in [0.1, 0.15) is 5.75 Å². The summed E-state index contributed by atoms with van der Waals surface area (Å²) in [5.74, 6) is 0.191. The second-order valence-corrected chi connectivity index (χ2v) is 7.15. The quantitative estimate of drug-likeness (QED) is 0.527. The Hall–Kier alpha value is -1.50. The van der Waals surface area contributed by atoms with Gasteiger partial charge in [-0.15, -0.1) is 11.3 Å². The minimum absolute atomic E-state index is 0.191. The maximum Gasteiger partial charge on any atom is 0.209 e. The van der Waals surface area contributed by atoms with E-state index in [0.717, 1.165) is 20.2 Å². The van der Waals surface area contributed by atoms with Crippen molar-refractivity contribution < 1.29 is 5.11 Å². The van der Waals surface area contributed by atoms with Crippen LogP contribution in [0.25, 0.3) is 11.3 Å². The van der Waals surface area contributed by atoms with Crippen molar-refractivity contribution in [3.05, 3.63) is 62.4 Å². The lowest BCUT2D eigenvalue weighted by atomic mass is 10.2. The Labute approximate surface area is 148 Å². The van der Waals surface area contributed by atoms with Crippen LogP contribution in [0, 0.1) is 0 Å². The van der Waals surface area contributed by atoms with Gasteiger partial charge in [0.25, 0.3) is 0 Å². The van der Waals surface area contributed by atoms with E-state index in [4.69, 9.17) is 0 Å². The van der Waals surface area contributed by atoms with Crippen LogP contribution < -0.4 is 0 Å². The lowest BCUT2D eigenvalue weighted by molar-refractivity contribution is 0.474. The van der Waals surface area contributed by atoms with E-state index in [2.05, 4.69) is 41.8 Å². The molecule has 0 fully saturated rings. The van der Waals surface area contributed by atoms with E-state index in [-0.39, 0.29) is 5.75 Å². The van der Waals surface area contributed by atoms with Crippen molar-refractivity contribution in [3.8, 4) is 17.0 Å². The first-order valence-electron chi connectivity index (χ1n) is 6.36. The Bertz CT molecular complexity index is 828. The molecule has 2 aromatic carbocycles. The average molecular weight is 438 g/mol. The summed E-state index contributed by atoms with van der Waals surface area (Å²) < 4.78 is 1.93. The fourth-order valence-electron chi connectivity index (χ4n) is 1.83. The van der Waals surface area contributed by atoms with Crippen LogP contribution in [0.2, 0.25) is 0 Å². The second-order valence-electron chi connectivity index (χ2n) is 4.48. The molecule has 0 bridgehead atoms. The number of hydrogen-bond donors (Lipinski definition) is 1. The summed E-state index contributed by atoms with van der Waals surface area (Å²) in [4.78, 5) is 8.82. The third-order valence-corrected chi connectivity index (χ3v) is 4.71. The number of halogens is 2. The first kappa shape index (κ1) is 15.4. The number of hydrogen-bond acceptors (Lipinski definition) is 4. The van der Waals surface area contributed by atoms with E-state index >= 15 is 0 Å². The van der Waals surface area contributed by atoms with Gasteiger partial charge >= 0.3 is 0 Å². The summed E-state index contributed by atoms with van der Waals surface area (Å²) in [6, 6.07) is 13.2. The van der Waals surface area contributed by atoms with Gasteiger partial charge in [-0.3, -0.25) is 0 Å². The van der Waals surface area contributed by atoms with Crippen molar-refractivity contribution in [2.45, 2.75) is 0 Å². The lowest BCUT2D eigenvalue weighted by Crippen LogP contribution is -1.82. The molecule has 0 spiro atoms. The number of aromatic hydroxyl groups is 1. The van der Waals surface area contributed by atoms with Crippen LogP contribution in [-0.2, 0) is 0 Å². The van der Waals surface area contributed by atoms with Crippen LogP contribution in [0.4, 0.5) is 5.13 Å². The zero-order chi connectivity index (χ0) is 15.5. The van der Waals surface area contributed by atoms with Gasteiger partial charge in [-0.25, -0.2) is 9.98 Å². The first-order chi connectivity index (χ1) is 10.6. The van der Waals surface area contributed by atoms with Gasteiger partial charge in [0.2, 0.25) is 5.13 Å². The molecule has 6 heteroatoms. The highest BCUT2D eigenvalue weighted by Gasteiger charge is 2.04. The minimum Gasteiger partial charge on any atom is -0.507 e. The number of benzene rings is 2. The standard InChI is InChI=1S/C16H10Br2N2OS/c17-12-3-1-10(2-4-12)14-9-22-16(20-14)19-8-11-7-13(18)5-6-15(11)21/h1-9,21H. The number of phenolic OH excluding ortho intramolecular Hbond substituents is 1. The predicted molar refractivity (Wildman–Crippen MR) is 98.3 cm³/mol. The molecule has 0 aliphatic carbocycles. The summed E-state index contributed by atoms with van der Waals surface area (Å²) in [5.41, 5.74) is 2.59. The van der Waals surface area contributed by atoms with Gasteiger partial charge in [0.05, 0.1) is 5.69 Å². The maximum atomic E-state index is 9.79. The van der Waals surface area contributed by atoms with Gasteiger partial charge in [0.15, 0.2) is 0 Å². The number of nitrogens with zero attached hydrogens (tertiary/aromatic N) is 2. The highest BCUT2D eigenvalue weighted by molar-refractivity contribution is 9.10. The van der Waals surface area contributed by atoms with Gasteiger partial charge < -0.3 is 5.11 Å². The molecule has 0 atom stereocenters. The van der Waals surface area contributed by atoms with Gasteiger partial charge in [0, 0.05) is 31.7 Å². The molecule has 110 valence electrons. The molecule has 0 aliphatic heterocycles. The SMILES string of the molecule is Oc1ccc(Br)cc1C=Nc1nc(-c2ccc(Br)cc2)cs1. The van der Waals surface area contributed by atoms with Crippen molar-refractivity contribution in [1.82, 2.24) is 4.98 Å². The molecular formula is C16H10Br2N2OS. The Morgan fingerprint density at radius 2 is 1.77 bits per heavy atom. The van der Waals surface area contributed by atoms with Gasteiger partial charge in [-0.2, -0.15) is 0 Å². The molecule has 3 rings (SSSR count). The van der Waals surface area contributed by atoms with Crippen molar-refractivity contribution in [3.63, 3.8) is 0 Å². The van der Waals surface area contributed by atoms with Gasteiger partial charge in [-0.05, 0) is 30.3 Å². The van der Waals surface area contributed by atoms with Crippen molar-refractivity contribution >= 4 is 54.5 Å². The molecule has 1 N–H and O–H groups in total. The third-order valence-electron chi connectivity index (χ3n) is 2.94. The number of rotatable bonds is 3. The highest BCUT2D eigenvalue weighted by atomic mass is 79.9. The normalized spacial score (nSPS) is 11.2. The highest BCUT2D eigenvalue weighted by Crippen LogP contribution is 2.28. The number of aromatic nitrogens is 1. The number of aliphatic imine (C=N–C) groups is 1. The Morgan fingerprint density at radius 3 is 2.55 bits per heavy atom. The van der Waals surface area contributed by atoms with Crippen LogP contribution in [0.3, 0.4) is 0 Å². The number of thiazole rings is 1. The second kappa shape index (κ2) is 6.73. The molecule has 22 heavy (non-hydrogen) atoms. The summed E-state index contributed by atoms with van der Waals surface area (Å²) in [7, 11) is 0. The molecule has 0 saturated heterocycles. The maximum absolute atomic E-state index is 9.79. The van der Waals surface area contributed by atoms with E-state index in [1.807, 2.05) is 35.7 Å². The molecule has 0 radical (unpaired) electrons. The van der Waals surface area contributed by atoms with Crippen molar-refractivity contribution in [2.24, 2.45) is 4.99 Å². The van der Waals surface area contributed by atoms with E-state index in [0.29, 0.717) is 10.7 Å². The monoisotopic (exact) mass is 436 g/mol. The van der Waals surface area contributed by atoms with Crippen molar-refractivity contribution in [1.29, 1.82) is 0 Å². The third kappa shape index (κ3) is 3.63. The summed E-state index contributed by atoms with van der Waals surface area (Å²) in [5, 5.41) is 12.4. The van der Waals surface area contributed by atoms with Crippen LogP contribution in [-0.4, -0.2) is 16.3 Å². The molecule has 0 aliphatic rings. The van der Waals surface area contributed by atoms with E-state index in [9.17, 15) is 5.11 Å². The van der Waals surface area contributed by atoms with Gasteiger partial charge in [-0.1, -0.05) is 44.0 Å². The lowest BCUT2D eigenvalue weighted by Gasteiger charge is -1.98. The van der Waals surface area contributed by atoms with E-state index in [1.54, 1.807) is 18.3 Å². The van der Waals surface area contributed by atoms with E-state index in [1.165, 1.54) is 11.3 Å². The van der Waals surface area contributed by atoms with Crippen LogP contribution in [0.15, 0.2) is 61.8 Å². The van der Waals surface area contributed by atoms with E-state index < -0.39 is 0 Å². The fourth-order valence-corrected chi connectivity index (χ4v) is 3.14. The molecule has 3 nitrogen and oxygen atoms in total. The largest absolute Gasteiger partial charge is 0.507 e. The Kier molecular flexibility index (Phi) is 4.71. The topological polar surface area (TPSA) is 45.5 Å². The molecule has 0 unspecified atom stereocenters. The smallest absolute Gasteiger partial charge is 0.209 e. The zero-order valence-electron chi connectivity index (χ0n) is 11.2. The Morgan fingerprint density at radius 1 is 1.05 bits per heavy atom. The average Bonchev–Trinajstić information content (AvgIpc) is 2.98. The Balaban J connectivity index is 1.83. The molecule has 0 saturated carbocycles. The predicted octanol–water partition coefficient (Wildman–Crippen LogP) is 5.79. The summed E-state index contributed by atoms with van der Waals surface area (Å²) in [6.45, 7) is 0.